The van der Waals surface area contributed by atoms with E-state index in [-0.39, 0.29) is 4.90 Å². The summed E-state index contributed by atoms with van der Waals surface area (Å²) in [7, 11) is -0.481. The van der Waals surface area contributed by atoms with E-state index in [0.717, 1.165) is 4.90 Å². The Morgan fingerprint density at radius 1 is 1.21 bits per heavy atom. The molecule has 0 aliphatic carbocycles. The van der Waals surface area contributed by atoms with E-state index in [2.05, 4.69) is 20.8 Å². The summed E-state index contributed by atoms with van der Waals surface area (Å²) >= 11 is 1.61. The van der Waals surface area contributed by atoms with Gasteiger partial charge in [0.1, 0.15) is 4.90 Å². The monoisotopic (exact) mass is 302 g/mol. The van der Waals surface area contributed by atoms with Gasteiger partial charge in [-0.15, -0.1) is 11.8 Å². The van der Waals surface area contributed by atoms with Crippen LogP contribution in [0.15, 0.2) is 28.0 Å². The first-order valence-corrected chi connectivity index (χ1v) is 8.47. The molecule has 1 atom stereocenters. The molecule has 0 amide bonds. The van der Waals surface area contributed by atoms with Crippen molar-refractivity contribution in [2.24, 2.45) is 5.92 Å². The Kier molecular flexibility index (Phi) is 5.29. The summed E-state index contributed by atoms with van der Waals surface area (Å²) in [5.41, 5.74) is 6.37. The van der Waals surface area contributed by atoms with Crippen molar-refractivity contribution in [3.8, 4) is 0 Å². The van der Waals surface area contributed by atoms with Gasteiger partial charge in [0.15, 0.2) is 0 Å². The predicted octanol–water partition coefficient (Wildman–Crippen LogP) is 2.66. The molecule has 108 valence electrons. The van der Waals surface area contributed by atoms with Crippen LogP contribution in [-0.2, 0) is 10.0 Å². The standard InChI is InChI=1S/C13H22N2O2S2/c1-9(2)10(3)18-11-7-6-8-12(13(11)14)19(16,17)15(4)5/h6-10H,14H2,1-5H3. The number of rotatable bonds is 5. The zero-order valence-corrected chi connectivity index (χ0v) is 13.7. The predicted molar refractivity (Wildman–Crippen MR) is 81.9 cm³/mol. The summed E-state index contributed by atoms with van der Waals surface area (Å²) in [6.45, 7) is 6.38. The zero-order chi connectivity index (χ0) is 14.8. The number of hydrogen-bond donors (Lipinski definition) is 1. The van der Waals surface area contributed by atoms with Gasteiger partial charge in [-0.2, -0.15) is 0 Å². The molecule has 19 heavy (non-hydrogen) atoms. The fourth-order valence-electron chi connectivity index (χ4n) is 1.38. The minimum Gasteiger partial charge on any atom is -0.397 e. The highest BCUT2D eigenvalue weighted by atomic mass is 32.2. The Labute approximate surface area is 120 Å². The average molecular weight is 302 g/mol. The lowest BCUT2D eigenvalue weighted by Crippen LogP contribution is -2.23. The van der Waals surface area contributed by atoms with Gasteiger partial charge in [-0.25, -0.2) is 12.7 Å². The Balaban J connectivity index is 3.20. The van der Waals surface area contributed by atoms with Crippen LogP contribution >= 0.6 is 11.8 Å². The maximum Gasteiger partial charge on any atom is 0.244 e. The van der Waals surface area contributed by atoms with Crippen molar-refractivity contribution in [3.05, 3.63) is 18.2 Å². The van der Waals surface area contributed by atoms with Crippen molar-refractivity contribution in [2.75, 3.05) is 19.8 Å². The van der Waals surface area contributed by atoms with E-state index in [4.69, 9.17) is 5.73 Å². The first-order valence-electron chi connectivity index (χ1n) is 6.15. The van der Waals surface area contributed by atoms with Crippen LogP contribution in [0.3, 0.4) is 0 Å². The van der Waals surface area contributed by atoms with E-state index in [9.17, 15) is 8.42 Å². The molecule has 1 aromatic carbocycles. The normalized spacial score (nSPS) is 14.1. The number of thioether (sulfide) groups is 1. The summed E-state index contributed by atoms with van der Waals surface area (Å²) in [5, 5.41) is 0.375. The van der Waals surface area contributed by atoms with Crippen LogP contribution < -0.4 is 5.73 Å². The van der Waals surface area contributed by atoms with Gasteiger partial charge in [0.2, 0.25) is 10.0 Å². The second-order valence-electron chi connectivity index (χ2n) is 5.02. The van der Waals surface area contributed by atoms with Crippen molar-refractivity contribution < 1.29 is 8.42 Å². The summed E-state index contributed by atoms with van der Waals surface area (Å²) in [5.74, 6) is 0.499. The molecule has 0 fully saturated rings. The molecule has 0 bridgehead atoms. The second-order valence-corrected chi connectivity index (χ2v) is 8.56. The van der Waals surface area contributed by atoms with E-state index >= 15 is 0 Å². The average Bonchev–Trinajstić information content (AvgIpc) is 2.31. The van der Waals surface area contributed by atoms with Gasteiger partial charge in [-0.1, -0.05) is 26.8 Å². The van der Waals surface area contributed by atoms with Crippen LogP contribution in [0, 0.1) is 5.92 Å². The van der Waals surface area contributed by atoms with E-state index in [1.54, 1.807) is 23.9 Å². The third-order valence-electron chi connectivity index (χ3n) is 3.04. The highest BCUT2D eigenvalue weighted by Gasteiger charge is 2.22. The summed E-state index contributed by atoms with van der Waals surface area (Å²) < 4.78 is 25.5. The molecule has 0 aliphatic heterocycles. The highest BCUT2D eigenvalue weighted by Crippen LogP contribution is 2.35. The Bertz CT molecular complexity index is 540. The lowest BCUT2D eigenvalue weighted by atomic mass is 10.2. The quantitative estimate of drug-likeness (QED) is 0.671. The summed E-state index contributed by atoms with van der Waals surface area (Å²) in [6, 6.07) is 5.16. The van der Waals surface area contributed by atoms with Gasteiger partial charge in [0.25, 0.3) is 0 Å². The van der Waals surface area contributed by atoms with E-state index in [1.807, 2.05) is 6.07 Å². The maximum atomic E-state index is 12.2. The molecule has 1 aromatic rings. The van der Waals surface area contributed by atoms with Gasteiger partial charge < -0.3 is 5.73 Å². The topological polar surface area (TPSA) is 63.4 Å². The number of hydrogen-bond acceptors (Lipinski definition) is 4. The molecule has 1 unspecified atom stereocenters. The molecule has 6 heteroatoms. The van der Waals surface area contributed by atoms with E-state index in [0.29, 0.717) is 16.9 Å². The molecule has 0 saturated heterocycles. The number of benzene rings is 1. The lowest BCUT2D eigenvalue weighted by Gasteiger charge is -2.19. The SMILES string of the molecule is CC(C)C(C)Sc1cccc(S(=O)(=O)N(C)C)c1N. The molecule has 0 radical (unpaired) electrons. The number of nitrogens with zero attached hydrogens (tertiary/aromatic N) is 1. The van der Waals surface area contributed by atoms with Crippen molar-refractivity contribution in [1.82, 2.24) is 4.31 Å². The number of nitrogens with two attached hydrogens (primary N) is 1. The third-order valence-corrected chi connectivity index (χ3v) is 6.44. The largest absolute Gasteiger partial charge is 0.397 e. The second kappa shape index (κ2) is 6.15. The number of anilines is 1. The van der Waals surface area contributed by atoms with Crippen molar-refractivity contribution >= 4 is 27.5 Å². The maximum absolute atomic E-state index is 12.2. The minimum atomic E-state index is -3.49. The fraction of sp³-hybridized carbons (Fsp3) is 0.538. The summed E-state index contributed by atoms with van der Waals surface area (Å²) in [6.07, 6.45) is 0. The van der Waals surface area contributed by atoms with Crippen LogP contribution in [0.25, 0.3) is 0 Å². The molecule has 1 rings (SSSR count). The molecule has 0 aromatic heterocycles. The molecule has 4 nitrogen and oxygen atoms in total. The van der Waals surface area contributed by atoms with Crippen LogP contribution in [0.2, 0.25) is 0 Å². The smallest absolute Gasteiger partial charge is 0.244 e. The van der Waals surface area contributed by atoms with E-state index in [1.165, 1.54) is 18.4 Å². The first-order chi connectivity index (χ1) is 8.67. The van der Waals surface area contributed by atoms with Crippen LogP contribution in [0.5, 0.6) is 0 Å². The molecule has 0 spiro atoms. The van der Waals surface area contributed by atoms with Gasteiger partial charge in [-0.3, -0.25) is 0 Å². The van der Waals surface area contributed by atoms with Gasteiger partial charge in [0.05, 0.1) is 5.69 Å². The van der Waals surface area contributed by atoms with Crippen molar-refractivity contribution in [3.63, 3.8) is 0 Å². The zero-order valence-electron chi connectivity index (χ0n) is 12.0. The molecular formula is C13H22N2O2S2. The van der Waals surface area contributed by atoms with Crippen molar-refractivity contribution in [1.29, 1.82) is 0 Å². The first kappa shape index (κ1) is 16.3. The van der Waals surface area contributed by atoms with Crippen LogP contribution in [-0.4, -0.2) is 32.1 Å². The Morgan fingerprint density at radius 3 is 2.26 bits per heavy atom. The molecule has 0 saturated carbocycles. The molecule has 0 aliphatic rings. The number of sulfonamides is 1. The molecule has 0 heterocycles. The van der Waals surface area contributed by atoms with Gasteiger partial charge in [0, 0.05) is 24.2 Å². The number of para-hydroxylation sites is 1. The van der Waals surface area contributed by atoms with Crippen molar-refractivity contribution in [2.45, 2.75) is 35.8 Å². The highest BCUT2D eigenvalue weighted by molar-refractivity contribution is 8.00. The third kappa shape index (κ3) is 3.64. The Morgan fingerprint density at radius 2 is 1.79 bits per heavy atom. The molecule has 2 N–H and O–H groups in total. The number of nitrogen functional groups attached to an aromatic ring is 1. The lowest BCUT2D eigenvalue weighted by molar-refractivity contribution is 0.521. The summed E-state index contributed by atoms with van der Waals surface area (Å²) in [4.78, 5) is 1.00. The van der Waals surface area contributed by atoms with Gasteiger partial charge >= 0.3 is 0 Å². The van der Waals surface area contributed by atoms with E-state index < -0.39 is 10.0 Å². The van der Waals surface area contributed by atoms with Gasteiger partial charge in [-0.05, 0) is 18.1 Å². The van der Waals surface area contributed by atoms with Crippen LogP contribution in [0.1, 0.15) is 20.8 Å². The molecular weight excluding hydrogens is 280 g/mol. The fourth-order valence-corrected chi connectivity index (χ4v) is 3.55. The minimum absolute atomic E-state index is 0.179. The Hall–Kier alpha value is -0.720. The van der Waals surface area contributed by atoms with Crippen LogP contribution in [0.4, 0.5) is 5.69 Å².